The first-order valence-corrected chi connectivity index (χ1v) is 4.64. The summed E-state index contributed by atoms with van der Waals surface area (Å²) < 4.78 is 5.78. The van der Waals surface area contributed by atoms with Crippen LogP contribution < -0.4 is 4.74 Å². The highest BCUT2D eigenvalue weighted by Crippen LogP contribution is 2.27. The summed E-state index contributed by atoms with van der Waals surface area (Å²) in [6, 6.07) is 8.34. The molecule has 0 amide bonds. The fraction of sp³-hybridized carbons (Fsp3) is 0.455. The van der Waals surface area contributed by atoms with Crippen LogP contribution in [-0.4, -0.2) is 6.10 Å². The van der Waals surface area contributed by atoms with E-state index in [1.807, 2.05) is 6.07 Å². The fourth-order valence-corrected chi connectivity index (χ4v) is 1.67. The Balaban J connectivity index is 2.23. The van der Waals surface area contributed by atoms with Crippen LogP contribution in [0.1, 0.15) is 25.3 Å². The zero-order valence-corrected chi connectivity index (χ0v) is 7.42. The van der Waals surface area contributed by atoms with Crippen LogP contribution in [0.4, 0.5) is 0 Å². The number of hydrogen-bond donors (Lipinski definition) is 0. The van der Waals surface area contributed by atoms with Gasteiger partial charge in [0.15, 0.2) is 0 Å². The van der Waals surface area contributed by atoms with Gasteiger partial charge in [0.1, 0.15) is 5.75 Å². The maximum absolute atomic E-state index is 5.78. The van der Waals surface area contributed by atoms with E-state index in [0.29, 0.717) is 6.10 Å². The first-order valence-electron chi connectivity index (χ1n) is 4.64. The number of para-hydroxylation sites is 1. The van der Waals surface area contributed by atoms with E-state index < -0.39 is 0 Å². The summed E-state index contributed by atoms with van der Waals surface area (Å²) in [6.07, 6.45) is 3.91. The second-order valence-corrected chi connectivity index (χ2v) is 3.29. The quantitative estimate of drug-likeness (QED) is 0.617. The highest BCUT2D eigenvalue weighted by Gasteiger charge is 2.16. The molecular formula is C11H14O. The SMILES string of the molecule is CC[C@H]1CCc2ccccc2O1. The molecule has 0 spiro atoms. The Morgan fingerprint density at radius 1 is 1.42 bits per heavy atom. The van der Waals surface area contributed by atoms with Crippen molar-refractivity contribution < 1.29 is 4.74 Å². The van der Waals surface area contributed by atoms with Gasteiger partial charge in [0.25, 0.3) is 0 Å². The minimum atomic E-state index is 0.444. The molecule has 64 valence electrons. The number of fused-ring (bicyclic) bond motifs is 1. The molecular weight excluding hydrogens is 148 g/mol. The van der Waals surface area contributed by atoms with Crippen molar-refractivity contribution >= 4 is 0 Å². The number of hydrogen-bond acceptors (Lipinski definition) is 1. The van der Waals surface area contributed by atoms with E-state index in [1.165, 1.54) is 18.4 Å². The second-order valence-electron chi connectivity index (χ2n) is 3.29. The molecule has 1 heterocycles. The Labute approximate surface area is 73.4 Å². The van der Waals surface area contributed by atoms with Gasteiger partial charge in [0.05, 0.1) is 6.10 Å². The molecule has 2 rings (SSSR count). The van der Waals surface area contributed by atoms with Gasteiger partial charge in [-0.3, -0.25) is 0 Å². The average Bonchev–Trinajstić information content (AvgIpc) is 2.17. The molecule has 1 aliphatic heterocycles. The van der Waals surface area contributed by atoms with Crippen molar-refractivity contribution in [2.75, 3.05) is 0 Å². The van der Waals surface area contributed by atoms with E-state index in [-0.39, 0.29) is 0 Å². The Morgan fingerprint density at radius 3 is 3.08 bits per heavy atom. The third kappa shape index (κ3) is 1.31. The molecule has 0 bridgehead atoms. The summed E-state index contributed by atoms with van der Waals surface area (Å²) in [5.74, 6) is 1.09. The molecule has 0 N–H and O–H groups in total. The molecule has 1 nitrogen and oxygen atoms in total. The van der Waals surface area contributed by atoms with E-state index in [9.17, 15) is 0 Å². The van der Waals surface area contributed by atoms with Crippen molar-refractivity contribution in [1.29, 1.82) is 0 Å². The molecule has 0 aliphatic carbocycles. The van der Waals surface area contributed by atoms with E-state index in [0.717, 1.165) is 12.2 Å². The lowest BCUT2D eigenvalue weighted by atomic mass is 10.0. The minimum Gasteiger partial charge on any atom is -0.490 e. The lowest BCUT2D eigenvalue weighted by Crippen LogP contribution is -2.21. The Hall–Kier alpha value is -0.980. The van der Waals surface area contributed by atoms with Gasteiger partial charge in [0.2, 0.25) is 0 Å². The molecule has 0 radical (unpaired) electrons. The summed E-state index contributed by atoms with van der Waals surface area (Å²) in [5, 5.41) is 0. The van der Waals surface area contributed by atoms with Crippen LogP contribution in [0.25, 0.3) is 0 Å². The van der Waals surface area contributed by atoms with Crippen LogP contribution in [0, 0.1) is 0 Å². The van der Waals surface area contributed by atoms with Crippen LogP contribution in [0.3, 0.4) is 0 Å². The Kier molecular flexibility index (Phi) is 2.03. The molecule has 0 unspecified atom stereocenters. The predicted octanol–water partition coefficient (Wildman–Crippen LogP) is 2.79. The van der Waals surface area contributed by atoms with Gasteiger partial charge in [-0.1, -0.05) is 25.1 Å². The summed E-state index contributed by atoms with van der Waals surface area (Å²) in [4.78, 5) is 0. The molecule has 1 atom stereocenters. The van der Waals surface area contributed by atoms with Crippen LogP contribution in [-0.2, 0) is 6.42 Å². The highest BCUT2D eigenvalue weighted by atomic mass is 16.5. The largest absolute Gasteiger partial charge is 0.490 e. The zero-order chi connectivity index (χ0) is 8.39. The van der Waals surface area contributed by atoms with Crippen LogP contribution in [0.2, 0.25) is 0 Å². The monoisotopic (exact) mass is 162 g/mol. The smallest absolute Gasteiger partial charge is 0.122 e. The lowest BCUT2D eigenvalue weighted by molar-refractivity contribution is 0.169. The first-order chi connectivity index (χ1) is 5.90. The van der Waals surface area contributed by atoms with Gasteiger partial charge in [0, 0.05) is 0 Å². The molecule has 0 saturated heterocycles. The predicted molar refractivity (Wildman–Crippen MR) is 49.5 cm³/mol. The van der Waals surface area contributed by atoms with Crippen molar-refractivity contribution in [3.63, 3.8) is 0 Å². The van der Waals surface area contributed by atoms with E-state index in [1.54, 1.807) is 0 Å². The van der Waals surface area contributed by atoms with Gasteiger partial charge in [-0.25, -0.2) is 0 Å². The van der Waals surface area contributed by atoms with Gasteiger partial charge in [-0.2, -0.15) is 0 Å². The molecule has 1 aliphatic rings. The molecule has 12 heavy (non-hydrogen) atoms. The standard InChI is InChI=1S/C11H14O/c1-2-10-8-7-9-5-3-4-6-11(9)12-10/h3-6,10H,2,7-8H2,1H3/t10-/m0/s1. The molecule has 1 aromatic rings. The van der Waals surface area contributed by atoms with Crippen LogP contribution in [0.15, 0.2) is 24.3 Å². The molecule has 0 fully saturated rings. The van der Waals surface area contributed by atoms with Crippen molar-refractivity contribution in [2.24, 2.45) is 0 Å². The van der Waals surface area contributed by atoms with Crippen molar-refractivity contribution in [3.05, 3.63) is 29.8 Å². The van der Waals surface area contributed by atoms with Gasteiger partial charge in [-0.05, 0) is 30.9 Å². The van der Waals surface area contributed by atoms with Crippen LogP contribution >= 0.6 is 0 Å². The zero-order valence-electron chi connectivity index (χ0n) is 7.42. The second kappa shape index (κ2) is 3.18. The molecule has 0 aromatic heterocycles. The van der Waals surface area contributed by atoms with Crippen molar-refractivity contribution in [3.8, 4) is 5.75 Å². The van der Waals surface area contributed by atoms with Crippen LogP contribution in [0.5, 0.6) is 5.75 Å². The molecule has 1 aromatic carbocycles. The fourth-order valence-electron chi connectivity index (χ4n) is 1.67. The average molecular weight is 162 g/mol. The Bertz CT molecular complexity index is 267. The van der Waals surface area contributed by atoms with Gasteiger partial charge >= 0.3 is 0 Å². The first kappa shape index (κ1) is 7.66. The number of benzene rings is 1. The summed E-state index contributed by atoms with van der Waals surface area (Å²) in [5.41, 5.74) is 1.36. The van der Waals surface area contributed by atoms with Gasteiger partial charge in [-0.15, -0.1) is 0 Å². The number of rotatable bonds is 1. The third-order valence-electron chi connectivity index (χ3n) is 2.46. The number of ether oxygens (including phenoxy) is 1. The van der Waals surface area contributed by atoms with Crippen molar-refractivity contribution in [1.82, 2.24) is 0 Å². The summed E-state index contributed by atoms with van der Waals surface area (Å²) >= 11 is 0. The topological polar surface area (TPSA) is 9.23 Å². The Morgan fingerprint density at radius 2 is 2.25 bits per heavy atom. The summed E-state index contributed by atoms with van der Waals surface area (Å²) in [6.45, 7) is 2.18. The summed E-state index contributed by atoms with van der Waals surface area (Å²) in [7, 11) is 0. The minimum absolute atomic E-state index is 0.444. The highest BCUT2D eigenvalue weighted by molar-refractivity contribution is 5.34. The molecule has 0 saturated carbocycles. The van der Waals surface area contributed by atoms with E-state index in [2.05, 4.69) is 25.1 Å². The van der Waals surface area contributed by atoms with E-state index >= 15 is 0 Å². The van der Waals surface area contributed by atoms with E-state index in [4.69, 9.17) is 4.74 Å². The number of aryl methyl sites for hydroxylation is 1. The normalized spacial score (nSPS) is 21.2. The maximum Gasteiger partial charge on any atom is 0.122 e. The molecule has 1 heteroatoms. The van der Waals surface area contributed by atoms with Gasteiger partial charge < -0.3 is 4.74 Å². The lowest BCUT2D eigenvalue weighted by Gasteiger charge is -2.24. The maximum atomic E-state index is 5.78. The third-order valence-corrected chi connectivity index (χ3v) is 2.46. The van der Waals surface area contributed by atoms with Crippen molar-refractivity contribution in [2.45, 2.75) is 32.3 Å².